The summed E-state index contributed by atoms with van der Waals surface area (Å²) in [6, 6.07) is 1.56. The Labute approximate surface area is 117 Å². The Hall–Kier alpha value is -1.70. The average molecular weight is 302 g/mol. The molecular weight excluding hydrogens is 289 g/mol. The van der Waals surface area contributed by atoms with E-state index in [0.717, 1.165) is 6.92 Å². The van der Waals surface area contributed by atoms with Crippen molar-refractivity contribution in [2.45, 2.75) is 25.7 Å². The van der Waals surface area contributed by atoms with Crippen LogP contribution < -0.4 is 5.73 Å². The highest BCUT2D eigenvalue weighted by Gasteiger charge is 2.40. The van der Waals surface area contributed by atoms with Gasteiger partial charge in [0.2, 0.25) is 0 Å². The molecule has 1 atom stereocenters. The standard InChI is InChI=1S/C12H13F3N4S/c1-6-8(20-11(16)18-6)7-3-4-17-10(19-7)12(2,5-13)9(14)15/h3-4,9H,5H2,1-2H3,(H2,16,18). The number of aromatic nitrogens is 3. The molecule has 0 amide bonds. The fourth-order valence-corrected chi connectivity index (χ4v) is 2.43. The van der Waals surface area contributed by atoms with Crippen molar-refractivity contribution in [3.05, 3.63) is 23.8 Å². The van der Waals surface area contributed by atoms with Gasteiger partial charge in [-0.05, 0) is 19.9 Å². The molecule has 20 heavy (non-hydrogen) atoms. The molecule has 1 unspecified atom stereocenters. The first-order valence-electron chi connectivity index (χ1n) is 5.79. The molecule has 0 aromatic carbocycles. The topological polar surface area (TPSA) is 64.7 Å². The number of alkyl halides is 3. The number of rotatable bonds is 4. The second-order valence-electron chi connectivity index (χ2n) is 4.58. The maximum Gasteiger partial charge on any atom is 0.253 e. The Bertz CT molecular complexity index is 616. The number of aryl methyl sites for hydroxylation is 1. The lowest BCUT2D eigenvalue weighted by atomic mass is 9.92. The quantitative estimate of drug-likeness (QED) is 0.943. The average Bonchev–Trinajstić information content (AvgIpc) is 2.76. The largest absolute Gasteiger partial charge is 0.375 e. The highest BCUT2D eigenvalue weighted by molar-refractivity contribution is 7.18. The maximum absolute atomic E-state index is 13.0. The molecule has 2 rings (SSSR count). The molecule has 8 heteroatoms. The van der Waals surface area contributed by atoms with Gasteiger partial charge in [-0.2, -0.15) is 0 Å². The first-order valence-corrected chi connectivity index (χ1v) is 6.61. The summed E-state index contributed by atoms with van der Waals surface area (Å²) < 4.78 is 39.1. The molecule has 4 nitrogen and oxygen atoms in total. The van der Waals surface area contributed by atoms with E-state index in [-0.39, 0.29) is 5.82 Å². The zero-order valence-corrected chi connectivity index (χ0v) is 11.7. The molecule has 2 aromatic rings. The highest BCUT2D eigenvalue weighted by Crippen LogP contribution is 2.33. The first kappa shape index (κ1) is 14.7. The van der Waals surface area contributed by atoms with Gasteiger partial charge in [-0.1, -0.05) is 11.3 Å². The summed E-state index contributed by atoms with van der Waals surface area (Å²) in [6.45, 7) is 1.61. The Balaban J connectivity index is 2.50. The maximum atomic E-state index is 13.0. The van der Waals surface area contributed by atoms with Crippen molar-refractivity contribution in [3.8, 4) is 10.6 Å². The zero-order chi connectivity index (χ0) is 14.9. The molecule has 0 saturated carbocycles. The van der Waals surface area contributed by atoms with Crippen LogP contribution in [0.15, 0.2) is 12.3 Å². The number of anilines is 1. The summed E-state index contributed by atoms with van der Waals surface area (Å²) in [7, 11) is 0. The van der Waals surface area contributed by atoms with Gasteiger partial charge in [0.05, 0.1) is 16.3 Å². The van der Waals surface area contributed by atoms with Crippen molar-refractivity contribution in [2.75, 3.05) is 12.4 Å². The molecule has 0 fully saturated rings. The number of thiazole rings is 1. The summed E-state index contributed by atoms with van der Waals surface area (Å²) in [4.78, 5) is 12.6. The van der Waals surface area contributed by atoms with Crippen LogP contribution in [0.3, 0.4) is 0 Å². The number of hydrogen-bond acceptors (Lipinski definition) is 5. The third-order valence-electron chi connectivity index (χ3n) is 2.97. The van der Waals surface area contributed by atoms with Crippen LogP contribution in [0.25, 0.3) is 10.6 Å². The van der Waals surface area contributed by atoms with Crippen LogP contribution in [-0.2, 0) is 5.41 Å². The molecular formula is C12H13F3N4S. The Kier molecular flexibility index (Phi) is 3.94. The molecule has 0 aliphatic carbocycles. The Morgan fingerprint density at radius 2 is 2.10 bits per heavy atom. The Morgan fingerprint density at radius 1 is 1.40 bits per heavy atom. The van der Waals surface area contributed by atoms with E-state index >= 15 is 0 Å². The lowest BCUT2D eigenvalue weighted by Crippen LogP contribution is -2.35. The van der Waals surface area contributed by atoms with Gasteiger partial charge in [0.1, 0.15) is 17.9 Å². The number of nitrogen functional groups attached to an aromatic ring is 1. The van der Waals surface area contributed by atoms with Gasteiger partial charge in [0.15, 0.2) is 5.13 Å². The number of nitrogens with two attached hydrogens (primary N) is 1. The number of hydrogen-bond donors (Lipinski definition) is 1. The molecule has 108 valence electrons. The predicted octanol–water partition coefficient (Wildman–Crippen LogP) is 2.98. The molecule has 0 bridgehead atoms. The van der Waals surface area contributed by atoms with Crippen LogP contribution >= 0.6 is 11.3 Å². The van der Waals surface area contributed by atoms with Crippen molar-refractivity contribution in [3.63, 3.8) is 0 Å². The molecule has 0 radical (unpaired) electrons. The van der Waals surface area contributed by atoms with Crippen molar-refractivity contribution >= 4 is 16.5 Å². The lowest BCUT2D eigenvalue weighted by Gasteiger charge is -2.23. The molecule has 0 saturated heterocycles. The van der Waals surface area contributed by atoms with Crippen molar-refractivity contribution in [2.24, 2.45) is 0 Å². The van der Waals surface area contributed by atoms with Crippen molar-refractivity contribution < 1.29 is 13.2 Å². The SMILES string of the molecule is Cc1nc(N)sc1-c1ccnc(C(C)(CF)C(F)F)n1. The molecule has 0 spiro atoms. The third kappa shape index (κ3) is 2.47. The van der Waals surface area contributed by atoms with E-state index in [1.165, 1.54) is 17.5 Å². The van der Waals surface area contributed by atoms with Crippen LogP contribution in [0.1, 0.15) is 18.4 Å². The second-order valence-corrected chi connectivity index (χ2v) is 5.61. The van der Waals surface area contributed by atoms with Crippen molar-refractivity contribution in [1.29, 1.82) is 0 Å². The third-order valence-corrected chi connectivity index (χ3v) is 3.98. The smallest absolute Gasteiger partial charge is 0.253 e. The highest BCUT2D eigenvalue weighted by atomic mass is 32.1. The van der Waals surface area contributed by atoms with Crippen LogP contribution in [0.4, 0.5) is 18.3 Å². The van der Waals surface area contributed by atoms with Gasteiger partial charge in [0.25, 0.3) is 6.43 Å². The number of nitrogens with zero attached hydrogens (tertiary/aromatic N) is 3. The predicted molar refractivity (Wildman–Crippen MR) is 71.6 cm³/mol. The second kappa shape index (κ2) is 5.35. The minimum Gasteiger partial charge on any atom is -0.375 e. The monoisotopic (exact) mass is 302 g/mol. The molecule has 2 heterocycles. The summed E-state index contributed by atoms with van der Waals surface area (Å²) >= 11 is 1.20. The summed E-state index contributed by atoms with van der Waals surface area (Å²) in [5.74, 6) is -0.223. The van der Waals surface area contributed by atoms with E-state index in [4.69, 9.17) is 5.73 Å². The van der Waals surface area contributed by atoms with Crippen LogP contribution in [-0.4, -0.2) is 28.1 Å². The van der Waals surface area contributed by atoms with E-state index in [0.29, 0.717) is 21.4 Å². The molecule has 0 aliphatic heterocycles. The van der Waals surface area contributed by atoms with Gasteiger partial charge in [-0.15, -0.1) is 0 Å². The molecule has 2 aromatic heterocycles. The van der Waals surface area contributed by atoms with E-state index in [9.17, 15) is 13.2 Å². The van der Waals surface area contributed by atoms with E-state index in [1.54, 1.807) is 13.0 Å². The van der Waals surface area contributed by atoms with Crippen molar-refractivity contribution in [1.82, 2.24) is 15.0 Å². The van der Waals surface area contributed by atoms with E-state index < -0.39 is 18.5 Å². The van der Waals surface area contributed by atoms with E-state index in [2.05, 4.69) is 15.0 Å². The fourth-order valence-electron chi connectivity index (χ4n) is 1.63. The number of halogens is 3. The first-order chi connectivity index (χ1) is 9.38. The summed E-state index contributed by atoms with van der Waals surface area (Å²) in [5, 5.41) is 0.361. The Morgan fingerprint density at radius 3 is 2.60 bits per heavy atom. The van der Waals surface area contributed by atoms with Crippen LogP contribution in [0, 0.1) is 6.92 Å². The fraction of sp³-hybridized carbons (Fsp3) is 0.417. The van der Waals surface area contributed by atoms with Gasteiger partial charge in [-0.3, -0.25) is 0 Å². The van der Waals surface area contributed by atoms with Gasteiger partial charge >= 0.3 is 0 Å². The summed E-state index contributed by atoms with van der Waals surface area (Å²) in [6.07, 6.45) is -1.56. The lowest BCUT2D eigenvalue weighted by molar-refractivity contribution is 0.0389. The van der Waals surface area contributed by atoms with Gasteiger partial charge in [0, 0.05) is 6.20 Å². The summed E-state index contributed by atoms with van der Waals surface area (Å²) in [5.41, 5.74) is 4.65. The van der Waals surface area contributed by atoms with Gasteiger partial charge < -0.3 is 5.73 Å². The van der Waals surface area contributed by atoms with Crippen LogP contribution in [0.2, 0.25) is 0 Å². The van der Waals surface area contributed by atoms with Crippen LogP contribution in [0.5, 0.6) is 0 Å². The normalized spacial score (nSPS) is 14.5. The van der Waals surface area contributed by atoms with Gasteiger partial charge in [-0.25, -0.2) is 28.1 Å². The minimum absolute atomic E-state index is 0.223. The zero-order valence-electron chi connectivity index (χ0n) is 10.9. The minimum atomic E-state index is -2.89. The molecule has 0 aliphatic rings. The molecule has 2 N–H and O–H groups in total. The van der Waals surface area contributed by atoms with E-state index in [1.807, 2.05) is 0 Å².